The smallest absolute Gasteiger partial charge is 0.133 e. The van der Waals surface area contributed by atoms with Crippen molar-refractivity contribution in [1.29, 1.82) is 0 Å². The van der Waals surface area contributed by atoms with Crippen LogP contribution in [0.1, 0.15) is 46.0 Å². The Hall–Kier alpha value is -0.370. The Kier molecular flexibility index (Phi) is 7.06. The SMILES string of the molecule is CC(C)CC(=O)CCCCC[O]. The number of carbonyl (C=O) groups is 1. The van der Waals surface area contributed by atoms with Gasteiger partial charge in [-0.05, 0) is 18.8 Å². The topological polar surface area (TPSA) is 37.0 Å². The Morgan fingerprint density at radius 1 is 1.17 bits per heavy atom. The van der Waals surface area contributed by atoms with Gasteiger partial charge in [0.15, 0.2) is 0 Å². The van der Waals surface area contributed by atoms with Crippen LogP contribution in [0.25, 0.3) is 0 Å². The molecule has 12 heavy (non-hydrogen) atoms. The van der Waals surface area contributed by atoms with E-state index < -0.39 is 0 Å². The van der Waals surface area contributed by atoms with E-state index in [9.17, 15) is 9.90 Å². The van der Waals surface area contributed by atoms with Gasteiger partial charge in [0.2, 0.25) is 0 Å². The van der Waals surface area contributed by atoms with Crippen molar-refractivity contribution in [3.05, 3.63) is 0 Å². The molecule has 0 fully saturated rings. The van der Waals surface area contributed by atoms with Crippen LogP contribution in [0.5, 0.6) is 0 Å². The molecule has 0 unspecified atom stereocenters. The van der Waals surface area contributed by atoms with Crippen LogP contribution >= 0.6 is 0 Å². The standard InChI is InChI=1S/C10H19O2/c1-9(2)8-10(12)6-4-3-5-7-11/h9H,3-8H2,1-2H3. The molecule has 0 aromatic heterocycles. The Bertz CT molecular complexity index is 119. The zero-order chi connectivity index (χ0) is 9.40. The van der Waals surface area contributed by atoms with Gasteiger partial charge in [0.05, 0.1) is 6.61 Å². The lowest BCUT2D eigenvalue weighted by Gasteiger charge is -2.02. The van der Waals surface area contributed by atoms with E-state index in [0.717, 1.165) is 19.3 Å². The first kappa shape index (κ1) is 11.6. The van der Waals surface area contributed by atoms with E-state index in [-0.39, 0.29) is 6.61 Å². The molecule has 0 aliphatic heterocycles. The molecule has 2 heteroatoms. The predicted octanol–water partition coefficient (Wildman–Crippen LogP) is 2.59. The molecule has 0 amide bonds. The first-order valence-corrected chi connectivity index (χ1v) is 4.76. The highest BCUT2D eigenvalue weighted by atomic mass is 16.2. The van der Waals surface area contributed by atoms with Crippen LogP contribution in [-0.2, 0) is 9.90 Å². The summed E-state index contributed by atoms with van der Waals surface area (Å²) >= 11 is 0. The average Bonchev–Trinajstić information content (AvgIpc) is 1.97. The fourth-order valence-electron chi connectivity index (χ4n) is 1.16. The van der Waals surface area contributed by atoms with Crippen molar-refractivity contribution in [2.75, 3.05) is 6.61 Å². The molecule has 0 atom stereocenters. The van der Waals surface area contributed by atoms with Crippen molar-refractivity contribution >= 4 is 5.78 Å². The highest BCUT2D eigenvalue weighted by molar-refractivity contribution is 5.78. The number of rotatable bonds is 7. The summed E-state index contributed by atoms with van der Waals surface area (Å²) in [5.74, 6) is 0.813. The number of ketones is 1. The molecule has 2 nitrogen and oxygen atoms in total. The highest BCUT2D eigenvalue weighted by Gasteiger charge is 2.03. The van der Waals surface area contributed by atoms with Crippen molar-refractivity contribution < 1.29 is 9.90 Å². The number of carbonyl (C=O) groups excluding carboxylic acids is 1. The molecule has 0 rings (SSSR count). The van der Waals surface area contributed by atoms with Crippen molar-refractivity contribution in [2.45, 2.75) is 46.0 Å². The lowest BCUT2D eigenvalue weighted by Crippen LogP contribution is -2.02. The molecule has 0 aliphatic carbocycles. The van der Waals surface area contributed by atoms with Gasteiger partial charge >= 0.3 is 0 Å². The van der Waals surface area contributed by atoms with E-state index >= 15 is 0 Å². The van der Waals surface area contributed by atoms with Crippen LogP contribution in [-0.4, -0.2) is 12.4 Å². The average molecular weight is 171 g/mol. The Balaban J connectivity index is 3.20. The quantitative estimate of drug-likeness (QED) is 0.542. The summed E-state index contributed by atoms with van der Waals surface area (Å²) in [5.41, 5.74) is 0. The molecule has 0 heterocycles. The van der Waals surface area contributed by atoms with Crippen molar-refractivity contribution in [3.8, 4) is 0 Å². The normalized spacial score (nSPS) is 10.7. The first-order valence-electron chi connectivity index (χ1n) is 4.76. The van der Waals surface area contributed by atoms with E-state index in [0.29, 0.717) is 24.5 Å². The van der Waals surface area contributed by atoms with E-state index in [1.807, 2.05) is 0 Å². The number of unbranched alkanes of at least 4 members (excludes halogenated alkanes) is 2. The van der Waals surface area contributed by atoms with Crippen LogP contribution in [0, 0.1) is 5.92 Å². The van der Waals surface area contributed by atoms with Gasteiger partial charge in [-0.2, -0.15) is 0 Å². The van der Waals surface area contributed by atoms with Gasteiger partial charge in [0.25, 0.3) is 0 Å². The molecule has 0 spiro atoms. The highest BCUT2D eigenvalue weighted by Crippen LogP contribution is 2.06. The summed E-state index contributed by atoms with van der Waals surface area (Å²) in [7, 11) is 0. The third-order valence-corrected chi connectivity index (χ3v) is 1.74. The maximum absolute atomic E-state index is 11.1. The van der Waals surface area contributed by atoms with Gasteiger partial charge in [0, 0.05) is 12.8 Å². The van der Waals surface area contributed by atoms with Gasteiger partial charge < -0.3 is 0 Å². The largest absolute Gasteiger partial charge is 0.300 e. The van der Waals surface area contributed by atoms with E-state index in [4.69, 9.17) is 0 Å². The van der Waals surface area contributed by atoms with E-state index in [2.05, 4.69) is 13.8 Å². The van der Waals surface area contributed by atoms with E-state index in [1.54, 1.807) is 0 Å². The van der Waals surface area contributed by atoms with Gasteiger partial charge in [-0.1, -0.05) is 20.3 Å². The maximum Gasteiger partial charge on any atom is 0.133 e. The number of hydrogen-bond donors (Lipinski definition) is 0. The van der Waals surface area contributed by atoms with Gasteiger partial charge in [-0.25, -0.2) is 5.11 Å². The molecule has 0 aromatic carbocycles. The Labute approximate surface area is 75.0 Å². The minimum atomic E-state index is -0.00162. The molecular weight excluding hydrogens is 152 g/mol. The van der Waals surface area contributed by atoms with Crippen LogP contribution in [0.3, 0.4) is 0 Å². The Morgan fingerprint density at radius 2 is 1.83 bits per heavy atom. The van der Waals surface area contributed by atoms with Gasteiger partial charge in [-0.3, -0.25) is 4.79 Å². The third-order valence-electron chi connectivity index (χ3n) is 1.74. The van der Waals surface area contributed by atoms with Crippen molar-refractivity contribution in [3.63, 3.8) is 0 Å². The summed E-state index contributed by atoms with van der Waals surface area (Å²) in [4.78, 5) is 11.1. The van der Waals surface area contributed by atoms with Crippen LogP contribution in [0.4, 0.5) is 0 Å². The molecule has 0 aromatic rings. The summed E-state index contributed by atoms with van der Waals surface area (Å²) in [5, 5.41) is 10.1. The molecular formula is C10H19O2. The molecule has 0 aliphatic rings. The summed E-state index contributed by atoms with van der Waals surface area (Å²) in [6.07, 6.45) is 3.88. The summed E-state index contributed by atoms with van der Waals surface area (Å²) < 4.78 is 0. The van der Waals surface area contributed by atoms with Gasteiger partial charge in [0.1, 0.15) is 5.78 Å². The zero-order valence-electron chi connectivity index (χ0n) is 8.14. The number of Topliss-reactive ketones (excluding diaryl/α,β-unsaturated/α-hetero) is 1. The molecule has 0 saturated carbocycles. The molecule has 0 bridgehead atoms. The molecule has 0 saturated heterocycles. The lowest BCUT2D eigenvalue weighted by atomic mass is 10.0. The lowest BCUT2D eigenvalue weighted by molar-refractivity contribution is -0.119. The second-order valence-electron chi connectivity index (χ2n) is 3.65. The molecule has 0 N–H and O–H groups in total. The minimum Gasteiger partial charge on any atom is -0.300 e. The zero-order valence-corrected chi connectivity index (χ0v) is 8.14. The van der Waals surface area contributed by atoms with Crippen LogP contribution in [0.15, 0.2) is 0 Å². The van der Waals surface area contributed by atoms with E-state index in [1.165, 1.54) is 0 Å². The Morgan fingerprint density at radius 3 is 2.33 bits per heavy atom. The minimum absolute atomic E-state index is 0.00162. The summed E-state index contributed by atoms with van der Waals surface area (Å²) in [6.45, 7) is 4.10. The fourth-order valence-corrected chi connectivity index (χ4v) is 1.16. The van der Waals surface area contributed by atoms with Gasteiger partial charge in [-0.15, -0.1) is 0 Å². The third kappa shape index (κ3) is 7.73. The van der Waals surface area contributed by atoms with Crippen molar-refractivity contribution in [1.82, 2.24) is 0 Å². The first-order chi connectivity index (χ1) is 5.66. The molecule has 1 radical (unpaired) electrons. The molecule has 71 valence electrons. The van der Waals surface area contributed by atoms with Crippen molar-refractivity contribution in [2.24, 2.45) is 5.92 Å². The predicted molar refractivity (Wildman–Crippen MR) is 48.5 cm³/mol. The monoisotopic (exact) mass is 171 g/mol. The van der Waals surface area contributed by atoms with Crippen LogP contribution < -0.4 is 0 Å². The second kappa shape index (κ2) is 7.29. The number of hydrogen-bond acceptors (Lipinski definition) is 1. The second-order valence-corrected chi connectivity index (χ2v) is 3.65. The van der Waals surface area contributed by atoms with Crippen LogP contribution in [0.2, 0.25) is 0 Å². The fraction of sp³-hybridized carbons (Fsp3) is 0.900. The maximum atomic E-state index is 11.1. The summed E-state index contributed by atoms with van der Waals surface area (Å²) in [6, 6.07) is 0.